The first-order valence-corrected chi connectivity index (χ1v) is 7.67. The van der Waals surface area contributed by atoms with E-state index < -0.39 is 17.0 Å². The topological polar surface area (TPSA) is 30.7 Å². The number of hydrogen-bond donors (Lipinski definition) is 0. The number of benzene rings is 1. The van der Waals surface area contributed by atoms with Crippen molar-refractivity contribution in [3.63, 3.8) is 0 Å². The molecule has 0 saturated carbocycles. The molecule has 0 radical (unpaired) electrons. The first-order chi connectivity index (χ1) is 9.95. The maximum Gasteiger partial charge on any atom is 0.153 e. The fourth-order valence-corrected chi connectivity index (χ4v) is 3.17. The summed E-state index contributed by atoms with van der Waals surface area (Å²) in [4.78, 5) is 8.60. The van der Waals surface area contributed by atoms with Gasteiger partial charge in [0.2, 0.25) is 0 Å². The number of nitrogens with zero attached hydrogens (tertiary/aromatic N) is 3. The van der Waals surface area contributed by atoms with E-state index in [0.717, 1.165) is 16.8 Å². The van der Waals surface area contributed by atoms with Gasteiger partial charge in [0.25, 0.3) is 0 Å². The molecule has 3 rings (SSSR count). The minimum atomic E-state index is -0.683. The normalized spacial score (nSPS) is 13.0. The number of aryl methyl sites for hydroxylation is 1. The molecule has 0 aliphatic rings. The van der Waals surface area contributed by atoms with Crippen molar-refractivity contribution in [1.82, 2.24) is 14.5 Å². The molecule has 0 aliphatic heterocycles. The highest BCUT2D eigenvalue weighted by Crippen LogP contribution is 2.28. The second kappa shape index (κ2) is 5.35. The second-order valence-electron chi connectivity index (χ2n) is 4.81. The zero-order valence-corrected chi connectivity index (χ0v) is 13.0. The van der Waals surface area contributed by atoms with Crippen molar-refractivity contribution >= 4 is 34.0 Å². The standard InChI is InChI=1S/C14H12ClF2N3S/c1-7-6-21-12(18-7)5-20-11-4-9(16)3-10(17)13(11)19-14(20)8(2)15/h3-4,6,8H,5H2,1-2H3. The number of thiazole rings is 1. The van der Waals surface area contributed by atoms with Crippen LogP contribution in [0.1, 0.15) is 28.8 Å². The van der Waals surface area contributed by atoms with Gasteiger partial charge in [0.05, 0.1) is 17.4 Å². The molecule has 0 amide bonds. The van der Waals surface area contributed by atoms with Crippen LogP contribution in [0.15, 0.2) is 17.5 Å². The van der Waals surface area contributed by atoms with Crippen LogP contribution in [0.3, 0.4) is 0 Å². The van der Waals surface area contributed by atoms with Gasteiger partial charge in [0.15, 0.2) is 5.82 Å². The molecule has 0 bridgehead atoms. The highest BCUT2D eigenvalue weighted by atomic mass is 35.5. The quantitative estimate of drug-likeness (QED) is 0.666. The van der Waals surface area contributed by atoms with Crippen LogP contribution < -0.4 is 0 Å². The first kappa shape index (κ1) is 14.4. The average molecular weight is 328 g/mol. The van der Waals surface area contributed by atoms with E-state index in [1.165, 1.54) is 17.4 Å². The van der Waals surface area contributed by atoms with Crippen LogP contribution in [0.2, 0.25) is 0 Å². The Morgan fingerprint density at radius 1 is 1.33 bits per heavy atom. The Balaban J connectivity index is 2.20. The average Bonchev–Trinajstić information content (AvgIpc) is 2.95. The van der Waals surface area contributed by atoms with Crippen LogP contribution in [0.4, 0.5) is 8.78 Å². The van der Waals surface area contributed by atoms with Gasteiger partial charge < -0.3 is 4.57 Å². The maximum atomic E-state index is 13.9. The third-order valence-electron chi connectivity index (χ3n) is 3.12. The van der Waals surface area contributed by atoms with Gasteiger partial charge in [-0.05, 0) is 19.9 Å². The first-order valence-electron chi connectivity index (χ1n) is 6.36. The molecular weight excluding hydrogens is 316 g/mol. The highest BCUT2D eigenvalue weighted by molar-refractivity contribution is 7.09. The van der Waals surface area contributed by atoms with Crippen molar-refractivity contribution in [2.24, 2.45) is 0 Å². The Hall–Kier alpha value is -1.53. The number of rotatable bonds is 3. The van der Waals surface area contributed by atoms with Crippen LogP contribution >= 0.6 is 22.9 Å². The third-order valence-corrected chi connectivity index (χ3v) is 4.26. The Morgan fingerprint density at radius 2 is 2.10 bits per heavy atom. The zero-order chi connectivity index (χ0) is 15.1. The van der Waals surface area contributed by atoms with E-state index in [4.69, 9.17) is 11.6 Å². The van der Waals surface area contributed by atoms with E-state index in [9.17, 15) is 8.78 Å². The summed E-state index contributed by atoms with van der Waals surface area (Å²) < 4.78 is 29.1. The SMILES string of the molecule is Cc1csc(Cn2c(C(C)Cl)nc3c(F)cc(F)cc32)n1. The summed E-state index contributed by atoms with van der Waals surface area (Å²) in [5.74, 6) is -0.813. The third kappa shape index (κ3) is 2.65. The number of fused-ring (bicyclic) bond motifs is 1. The van der Waals surface area contributed by atoms with Crippen molar-refractivity contribution in [3.05, 3.63) is 45.7 Å². The van der Waals surface area contributed by atoms with Gasteiger partial charge in [-0.2, -0.15) is 0 Å². The van der Waals surface area contributed by atoms with Crippen molar-refractivity contribution in [2.45, 2.75) is 25.8 Å². The molecule has 2 aromatic heterocycles. The van der Waals surface area contributed by atoms with Crippen LogP contribution in [-0.2, 0) is 6.54 Å². The zero-order valence-electron chi connectivity index (χ0n) is 11.4. The molecule has 0 aliphatic carbocycles. The Kier molecular flexibility index (Phi) is 3.67. The molecule has 0 spiro atoms. The molecule has 3 nitrogen and oxygen atoms in total. The van der Waals surface area contributed by atoms with Gasteiger partial charge in [0, 0.05) is 17.1 Å². The van der Waals surface area contributed by atoms with Gasteiger partial charge >= 0.3 is 0 Å². The predicted molar refractivity (Wildman–Crippen MR) is 79.9 cm³/mol. The van der Waals surface area contributed by atoms with Crippen LogP contribution in [0.25, 0.3) is 11.0 Å². The molecule has 3 aromatic rings. The summed E-state index contributed by atoms with van der Waals surface area (Å²) in [6.07, 6.45) is 0. The van der Waals surface area contributed by atoms with Crippen LogP contribution in [-0.4, -0.2) is 14.5 Å². The van der Waals surface area contributed by atoms with Gasteiger partial charge in [-0.25, -0.2) is 18.7 Å². The number of aromatic nitrogens is 3. The number of alkyl halides is 1. The fourth-order valence-electron chi connectivity index (χ4n) is 2.25. The molecule has 0 N–H and O–H groups in total. The van der Waals surface area contributed by atoms with Crippen molar-refractivity contribution in [3.8, 4) is 0 Å². The summed E-state index contributed by atoms with van der Waals surface area (Å²) >= 11 is 7.62. The monoisotopic (exact) mass is 327 g/mol. The molecule has 0 fully saturated rings. The van der Waals surface area contributed by atoms with Crippen molar-refractivity contribution < 1.29 is 8.78 Å². The summed E-state index contributed by atoms with van der Waals surface area (Å²) in [6.45, 7) is 4.04. The minimum absolute atomic E-state index is 0.132. The maximum absolute atomic E-state index is 13.9. The molecule has 1 unspecified atom stereocenters. The van der Waals surface area contributed by atoms with E-state index in [0.29, 0.717) is 17.9 Å². The van der Waals surface area contributed by atoms with Crippen molar-refractivity contribution in [2.75, 3.05) is 0 Å². The summed E-state index contributed by atoms with van der Waals surface area (Å²) in [5, 5.41) is 2.36. The van der Waals surface area contributed by atoms with Crippen LogP contribution in [0.5, 0.6) is 0 Å². The number of hydrogen-bond acceptors (Lipinski definition) is 3. The Morgan fingerprint density at radius 3 is 2.71 bits per heavy atom. The molecule has 21 heavy (non-hydrogen) atoms. The van der Waals surface area contributed by atoms with Gasteiger partial charge in [0.1, 0.15) is 22.2 Å². The van der Waals surface area contributed by atoms with Crippen molar-refractivity contribution in [1.29, 1.82) is 0 Å². The van der Waals surface area contributed by atoms with Gasteiger partial charge in [-0.15, -0.1) is 22.9 Å². The number of imidazole rings is 1. The van der Waals surface area contributed by atoms with E-state index in [1.807, 2.05) is 12.3 Å². The lowest BCUT2D eigenvalue weighted by Gasteiger charge is -2.08. The molecule has 2 heterocycles. The Labute approximate surface area is 129 Å². The molecule has 1 atom stereocenters. The summed E-state index contributed by atoms with van der Waals surface area (Å²) in [6, 6.07) is 2.10. The molecule has 0 saturated heterocycles. The minimum Gasteiger partial charge on any atom is -0.320 e. The second-order valence-corrected chi connectivity index (χ2v) is 6.41. The Bertz CT molecular complexity index is 810. The van der Waals surface area contributed by atoms with E-state index >= 15 is 0 Å². The van der Waals surface area contributed by atoms with Gasteiger partial charge in [-0.1, -0.05) is 0 Å². The molecular formula is C14H12ClF2N3S. The summed E-state index contributed by atoms with van der Waals surface area (Å²) in [7, 11) is 0. The van der Waals surface area contributed by atoms with E-state index in [2.05, 4.69) is 9.97 Å². The lowest BCUT2D eigenvalue weighted by atomic mass is 10.3. The molecule has 7 heteroatoms. The highest BCUT2D eigenvalue weighted by Gasteiger charge is 2.19. The fraction of sp³-hybridized carbons (Fsp3) is 0.286. The van der Waals surface area contributed by atoms with Crippen LogP contribution in [0, 0.1) is 18.6 Å². The predicted octanol–water partition coefficient (Wildman–Crippen LogP) is 4.43. The lowest BCUT2D eigenvalue weighted by Crippen LogP contribution is -2.05. The lowest BCUT2D eigenvalue weighted by molar-refractivity contribution is 0.590. The van der Waals surface area contributed by atoms with E-state index in [-0.39, 0.29) is 5.52 Å². The largest absolute Gasteiger partial charge is 0.320 e. The number of halogens is 3. The van der Waals surface area contributed by atoms with E-state index in [1.54, 1.807) is 11.5 Å². The smallest absolute Gasteiger partial charge is 0.153 e. The van der Waals surface area contributed by atoms with Gasteiger partial charge in [-0.3, -0.25) is 0 Å². The molecule has 1 aromatic carbocycles. The molecule has 110 valence electrons. The summed E-state index contributed by atoms with van der Waals surface area (Å²) in [5.41, 5.74) is 1.44.